The first-order valence-electron chi connectivity index (χ1n) is 11.1. The fourth-order valence-electron chi connectivity index (χ4n) is 3.93. The average Bonchev–Trinajstić information content (AvgIpc) is 3.48. The van der Waals surface area contributed by atoms with Gasteiger partial charge in [0, 0.05) is 25.0 Å². The third-order valence-corrected chi connectivity index (χ3v) is 5.81. The number of anilines is 1. The molecule has 4 atom stereocenters. The summed E-state index contributed by atoms with van der Waals surface area (Å²) in [6, 6.07) is 7.33. The molecule has 13 nitrogen and oxygen atoms in total. The summed E-state index contributed by atoms with van der Waals surface area (Å²) in [7, 11) is 2.96. The molecule has 0 aromatic carbocycles. The topological polar surface area (TPSA) is 169 Å². The number of likely N-dealkylation sites (N-methyl/N-ethyl adjacent to an activating group) is 1. The number of nitrogens with one attached hydrogen (secondary N) is 2. The first kappa shape index (κ1) is 23.5. The number of pyridine rings is 2. The van der Waals surface area contributed by atoms with Gasteiger partial charge in [-0.3, -0.25) is 19.3 Å². The molecule has 5 rings (SSSR count). The Labute approximate surface area is 205 Å². The normalized spacial score (nSPS) is 21.4. The van der Waals surface area contributed by atoms with Gasteiger partial charge in [-0.2, -0.15) is 0 Å². The van der Waals surface area contributed by atoms with Crippen molar-refractivity contribution >= 4 is 22.9 Å². The number of ether oxygens (including phenoxy) is 2. The lowest BCUT2D eigenvalue weighted by molar-refractivity contribution is -0.137. The molecule has 4 N–H and O–H groups in total. The maximum absolute atomic E-state index is 12.1. The van der Waals surface area contributed by atoms with Crippen LogP contribution in [0, 0.1) is 0 Å². The number of hydrogen-bond donors (Lipinski definition) is 4. The van der Waals surface area contributed by atoms with Gasteiger partial charge in [-0.05, 0) is 18.2 Å². The second kappa shape index (κ2) is 9.81. The first-order chi connectivity index (χ1) is 17.5. The van der Waals surface area contributed by atoms with E-state index in [1.807, 2.05) is 18.2 Å². The smallest absolute Gasteiger partial charge is 0.251 e. The zero-order chi connectivity index (χ0) is 25.2. The predicted molar refractivity (Wildman–Crippen MR) is 127 cm³/mol. The lowest BCUT2D eigenvalue weighted by Gasteiger charge is -2.17. The Morgan fingerprint density at radius 3 is 2.81 bits per heavy atom. The number of aromatic nitrogens is 6. The molecule has 4 aromatic rings. The fraction of sp³-hybridized carbons (Fsp3) is 0.304. The van der Waals surface area contributed by atoms with E-state index in [-0.39, 0.29) is 0 Å². The molecule has 5 heterocycles. The molecule has 0 spiro atoms. The van der Waals surface area contributed by atoms with E-state index >= 15 is 0 Å². The highest BCUT2D eigenvalue weighted by molar-refractivity contribution is 5.85. The van der Waals surface area contributed by atoms with Gasteiger partial charge >= 0.3 is 0 Å². The summed E-state index contributed by atoms with van der Waals surface area (Å²) in [6.07, 6.45) is 1.09. The van der Waals surface area contributed by atoms with E-state index in [0.717, 1.165) is 5.69 Å². The molecule has 0 bridgehead atoms. The third kappa shape index (κ3) is 4.30. The maximum Gasteiger partial charge on any atom is 0.251 e. The quantitative estimate of drug-likeness (QED) is 0.279. The lowest BCUT2D eigenvalue weighted by Crippen LogP contribution is -2.41. The molecular formula is C23H24N8O5. The number of carbonyl (C=O) groups is 1. The number of fused-ring (bicyclic) bond motifs is 1. The van der Waals surface area contributed by atoms with Gasteiger partial charge < -0.3 is 30.3 Å². The molecule has 1 saturated heterocycles. The summed E-state index contributed by atoms with van der Waals surface area (Å²) < 4.78 is 12.5. The summed E-state index contributed by atoms with van der Waals surface area (Å²) >= 11 is 0. The van der Waals surface area contributed by atoms with Gasteiger partial charge in [0.15, 0.2) is 35.1 Å². The lowest BCUT2D eigenvalue weighted by atomic mass is 10.1. The number of rotatable bonds is 7. The molecule has 1 amide bonds. The Hall–Kier alpha value is -4.20. The number of carbonyl (C=O) groups excluding carboxylic acids is 1. The van der Waals surface area contributed by atoms with Gasteiger partial charge in [0.2, 0.25) is 0 Å². The van der Waals surface area contributed by atoms with Crippen LogP contribution in [0.5, 0.6) is 5.75 Å². The molecule has 0 aliphatic carbocycles. The van der Waals surface area contributed by atoms with Crippen molar-refractivity contribution in [3.63, 3.8) is 0 Å². The molecule has 36 heavy (non-hydrogen) atoms. The van der Waals surface area contributed by atoms with Gasteiger partial charge in [0.1, 0.15) is 18.0 Å². The van der Waals surface area contributed by atoms with Crippen LogP contribution in [0.1, 0.15) is 11.9 Å². The summed E-state index contributed by atoms with van der Waals surface area (Å²) in [5.74, 6) is 0.705. The molecular weight excluding hydrogens is 468 g/mol. The van der Waals surface area contributed by atoms with Crippen molar-refractivity contribution in [3.8, 4) is 17.1 Å². The Kier molecular flexibility index (Phi) is 6.41. The average molecular weight is 492 g/mol. The minimum atomic E-state index is -1.43. The van der Waals surface area contributed by atoms with Crippen LogP contribution in [0.3, 0.4) is 0 Å². The Morgan fingerprint density at radius 1 is 1.19 bits per heavy atom. The summed E-state index contributed by atoms with van der Waals surface area (Å²) in [5.41, 5.74) is 2.10. The minimum Gasteiger partial charge on any atom is -0.495 e. The van der Waals surface area contributed by atoms with Crippen LogP contribution in [-0.4, -0.2) is 78.1 Å². The zero-order valence-electron chi connectivity index (χ0n) is 19.4. The van der Waals surface area contributed by atoms with Crippen molar-refractivity contribution in [1.29, 1.82) is 0 Å². The number of aliphatic hydroxyl groups is 2. The van der Waals surface area contributed by atoms with Crippen LogP contribution in [0.2, 0.25) is 0 Å². The van der Waals surface area contributed by atoms with Crippen LogP contribution in [-0.2, 0) is 16.1 Å². The van der Waals surface area contributed by atoms with Crippen molar-refractivity contribution in [3.05, 3.63) is 54.9 Å². The monoisotopic (exact) mass is 492 g/mol. The van der Waals surface area contributed by atoms with Crippen LogP contribution in [0.15, 0.2) is 49.2 Å². The Morgan fingerprint density at radius 2 is 2.06 bits per heavy atom. The van der Waals surface area contributed by atoms with E-state index in [1.54, 1.807) is 24.7 Å². The SMILES string of the molecule is CNC(=O)[C@H]1OC(n2cnc3c(NCc4ccccn4)nc(-c4cncc(OC)c4)nc32)C(O)C1O. The Balaban J connectivity index is 1.59. The molecule has 0 saturated carbocycles. The van der Waals surface area contributed by atoms with Gasteiger partial charge in [0.05, 0.1) is 31.9 Å². The molecule has 1 aliphatic heterocycles. The summed E-state index contributed by atoms with van der Waals surface area (Å²) in [5, 5.41) is 26.8. The van der Waals surface area contributed by atoms with E-state index in [0.29, 0.717) is 40.7 Å². The van der Waals surface area contributed by atoms with Crippen LogP contribution < -0.4 is 15.4 Å². The number of nitrogens with zero attached hydrogens (tertiary/aromatic N) is 6. The van der Waals surface area contributed by atoms with Crippen molar-refractivity contribution in [2.45, 2.75) is 31.1 Å². The highest BCUT2D eigenvalue weighted by Gasteiger charge is 2.47. The van der Waals surface area contributed by atoms with Crippen molar-refractivity contribution in [2.75, 3.05) is 19.5 Å². The molecule has 186 valence electrons. The van der Waals surface area contributed by atoms with E-state index in [2.05, 4.69) is 35.6 Å². The second-order valence-corrected chi connectivity index (χ2v) is 8.05. The number of hydrogen-bond acceptors (Lipinski definition) is 11. The first-order valence-corrected chi connectivity index (χ1v) is 11.1. The number of aliphatic hydroxyl groups excluding tert-OH is 2. The standard InChI is InChI=1S/C23H24N8O5/c1-24-22(34)18-16(32)17(33)23(36-18)31-11-28-15-20(27-9-13-5-3-4-6-26-13)29-19(30-21(15)31)12-7-14(35-2)10-25-8-12/h3-8,10-11,16-18,23,32-33H,9H2,1-2H3,(H,24,34)(H,27,29,30)/t16?,17?,18-,23?/m0/s1. The highest BCUT2D eigenvalue weighted by atomic mass is 16.6. The minimum absolute atomic E-state index is 0.315. The largest absolute Gasteiger partial charge is 0.495 e. The maximum atomic E-state index is 12.1. The molecule has 1 aliphatic rings. The molecule has 0 radical (unpaired) electrons. The number of amides is 1. The summed E-state index contributed by atoms with van der Waals surface area (Å²) in [4.78, 5) is 34.4. The molecule has 3 unspecified atom stereocenters. The van der Waals surface area contributed by atoms with Crippen LogP contribution in [0.4, 0.5) is 5.82 Å². The van der Waals surface area contributed by atoms with E-state index in [9.17, 15) is 15.0 Å². The Bertz CT molecular complexity index is 1380. The van der Waals surface area contributed by atoms with Crippen molar-refractivity contribution < 1.29 is 24.5 Å². The predicted octanol–water partition coefficient (Wildman–Crippen LogP) is 0.269. The molecule has 13 heteroatoms. The molecule has 4 aromatic heterocycles. The third-order valence-electron chi connectivity index (χ3n) is 5.81. The van der Waals surface area contributed by atoms with E-state index in [1.165, 1.54) is 25.1 Å². The summed E-state index contributed by atoms with van der Waals surface area (Å²) in [6.45, 7) is 0.371. The highest BCUT2D eigenvalue weighted by Crippen LogP contribution is 2.34. The van der Waals surface area contributed by atoms with Crippen LogP contribution >= 0.6 is 0 Å². The van der Waals surface area contributed by atoms with Gasteiger partial charge in [0.25, 0.3) is 5.91 Å². The van der Waals surface area contributed by atoms with Crippen molar-refractivity contribution in [1.82, 2.24) is 34.8 Å². The molecule has 1 fully saturated rings. The van der Waals surface area contributed by atoms with Gasteiger partial charge in [-0.25, -0.2) is 15.0 Å². The van der Waals surface area contributed by atoms with Gasteiger partial charge in [-0.1, -0.05) is 6.07 Å². The second-order valence-electron chi connectivity index (χ2n) is 8.05. The van der Waals surface area contributed by atoms with Gasteiger partial charge in [-0.15, -0.1) is 0 Å². The zero-order valence-corrected chi connectivity index (χ0v) is 19.4. The van der Waals surface area contributed by atoms with E-state index in [4.69, 9.17) is 9.47 Å². The number of imidazole rings is 1. The van der Waals surface area contributed by atoms with E-state index < -0.39 is 30.4 Å². The number of methoxy groups -OCH3 is 1. The van der Waals surface area contributed by atoms with Crippen molar-refractivity contribution in [2.24, 2.45) is 0 Å². The van der Waals surface area contributed by atoms with Crippen LogP contribution in [0.25, 0.3) is 22.6 Å². The fourth-order valence-corrected chi connectivity index (χ4v) is 3.93.